The fraction of sp³-hybridized carbons (Fsp3) is 0. The zero-order valence-electron chi connectivity index (χ0n) is 28.4. The van der Waals surface area contributed by atoms with Crippen LogP contribution in [0.5, 0.6) is 0 Å². The maximum absolute atomic E-state index is 2.42. The van der Waals surface area contributed by atoms with Gasteiger partial charge in [-0.2, -0.15) is 0 Å². The summed E-state index contributed by atoms with van der Waals surface area (Å²) in [5.74, 6) is 0. The molecule has 0 fully saturated rings. The molecule has 0 amide bonds. The smallest absolute Gasteiger partial charge is 0.0540 e. The number of fused-ring (bicyclic) bond motifs is 5. The van der Waals surface area contributed by atoms with Crippen molar-refractivity contribution in [2.45, 2.75) is 0 Å². The van der Waals surface area contributed by atoms with Crippen LogP contribution in [0.15, 0.2) is 200 Å². The summed E-state index contributed by atoms with van der Waals surface area (Å²) in [6.07, 6.45) is 0. The molecule has 0 saturated carbocycles. The van der Waals surface area contributed by atoms with Gasteiger partial charge in [0.25, 0.3) is 0 Å². The van der Waals surface area contributed by atoms with Crippen molar-refractivity contribution in [2.24, 2.45) is 0 Å². The van der Waals surface area contributed by atoms with Gasteiger partial charge in [0, 0.05) is 42.7 Å². The molecule has 10 rings (SSSR count). The second-order valence-electron chi connectivity index (χ2n) is 13.3. The molecular formula is C50H33NS. The zero-order valence-corrected chi connectivity index (χ0v) is 29.2. The summed E-state index contributed by atoms with van der Waals surface area (Å²) >= 11 is 1.88. The summed E-state index contributed by atoms with van der Waals surface area (Å²) in [5.41, 5.74) is 10.7. The molecule has 0 aliphatic rings. The number of anilines is 3. The van der Waals surface area contributed by atoms with Crippen molar-refractivity contribution in [1.29, 1.82) is 0 Å². The third-order valence-electron chi connectivity index (χ3n) is 10.3. The molecule has 0 unspecified atom stereocenters. The van der Waals surface area contributed by atoms with E-state index in [4.69, 9.17) is 0 Å². The first kappa shape index (κ1) is 30.4. The van der Waals surface area contributed by atoms with Crippen molar-refractivity contribution in [2.75, 3.05) is 4.90 Å². The number of benzene rings is 9. The molecule has 0 radical (unpaired) electrons. The van der Waals surface area contributed by atoms with Gasteiger partial charge in [-0.25, -0.2) is 0 Å². The molecule has 1 heterocycles. The van der Waals surface area contributed by atoms with Crippen LogP contribution in [0, 0.1) is 0 Å². The van der Waals surface area contributed by atoms with Gasteiger partial charge in [-0.15, -0.1) is 11.3 Å². The lowest BCUT2D eigenvalue weighted by atomic mass is 9.96. The maximum atomic E-state index is 2.42. The Bertz CT molecular complexity index is 2770. The summed E-state index contributed by atoms with van der Waals surface area (Å²) in [5, 5.41) is 7.65. The average Bonchev–Trinajstić information content (AvgIpc) is 3.60. The molecule has 0 saturated heterocycles. The molecule has 0 bridgehead atoms. The SMILES string of the molecule is c1ccc(N(c2ccc(-c3cccc4ccccc34)cc2)c2ccc(-c3cccc4ccccc34)cc2)c(-c2cccc3c2sc2ccccc23)c1. The topological polar surface area (TPSA) is 3.24 Å². The van der Waals surface area contributed by atoms with Crippen LogP contribution in [0.1, 0.15) is 0 Å². The van der Waals surface area contributed by atoms with E-state index in [0.29, 0.717) is 0 Å². The van der Waals surface area contributed by atoms with Crippen LogP contribution in [0.4, 0.5) is 17.1 Å². The van der Waals surface area contributed by atoms with Crippen LogP contribution in [-0.2, 0) is 0 Å². The van der Waals surface area contributed by atoms with Crippen LogP contribution < -0.4 is 4.90 Å². The maximum Gasteiger partial charge on any atom is 0.0540 e. The van der Waals surface area contributed by atoms with Gasteiger partial charge in [0.1, 0.15) is 0 Å². The predicted octanol–water partition coefficient (Wildman–Crippen LogP) is 14.8. The third-order valence-corrected chi connectivity index (χ3v) is 11.5. The predicted molar refractivity (Wildman–Crippen MR) is 225 cm³/mol. The number of nitrogens with zero attached hydrogens (tertiary/aromatic N) is 1. The van der Waals surface area contributed by atoms with Gasteiger partial charge in [0.2, 0.25) is 0 Å². The van der Waals surface area contributed by atoms with Crippen LogP contribution in [0.25, 0.3) is 75.1 Å². The molecule has 0 N–H and O–H groups in total. The molecule has 0 spiro atoms. The lowest BCUT2D eigenvalue weighted by Gasteiger charge is -2.28. The number of hydrogen-bond acceptors (Lipinski definition) is 2. The standard InChI is InChI=1S/C50H33NS/c1-3-16-40-34(12-1)14-9-20-42(40)36-26-30-38(31-27-36)51(39-32-28-37(29-33-39)43-21-10-15-35-13-2-4-17-41(35)43)48-24-7-5-18-44(48)46-22-11-23-47-45-19-6-8-25-49(45)52-50(46)47/h1-33H. The molecule has 52 heavy (non-hydrogen) atoms. The Morgan fingerprint density at radius 1 is 0.308 bits per heavy atom. The van der Waals surface area contributed by atoms with Crippen LogP contribution >= 0.6 is 11.3 Å². The molecule has 2 heteroatoms. The van der Waals surface area contributed by atoms with E-state index in [1.54, 1.807) is 0 Å². The molecule has 1 aromatic heterocycles. The first-order chi connectivity index (χ1) is 25.8. The Balaban J connectivity index is 1.14. The molecule has 0 aliphatic heterocycles. The Labute approximate surface area is 307 Å². The third kappa shape index (κ3) is 5.16. The van der Waals surface area contributed by atoms with Crippen LogP contribution in [0.2, 0.25) is 0 Å². The molecule has 9 aromatic carbocycles. The van der Waals surface area contributed by atoms with Gasteiger partial charge in [0.15, 0.2) is 0 Å². The van der Waals surface area contributed by atoms with Crippen molar-refractivity contribution in [1.82, 2.24) is 0 Å². The normalized spacial score (nSPS) is 11.5. The van der Waals surface area contributed by atoms with E-state index in [1.165, 1.54) is 75.1 Å². The quantitative estimate of drug-likeness (QED) is 0.169. The summed E-state index contributed by atoms with van der Waals surface area (Å²) in [4.78, 5) is 2.42. The van der Waals surface area contributed by atoms with Gasteiger partial charge in [-0.1, -0.05) is 164 Å². The lowest BCUT2D eigenvalue weighted by Crippen LogP contribution is -2.11. The van der Waals surface area contributed by atoms with Crippen molar-refractivity contribution in [3.8, 4) is 33.4 Å². The number of hydrogen-bond donors (Lipinski definition) is 0. The molecule has 0 atom stereocenters. The van der Waals surface area contributed by atoms with E-state index >= 15 is 0 Å². The van der Waals surface area contributed by atoms with Crippen molar-refractivity contribution < 1.29 is 0 Å². The minimum atomic E-state index is 1.11. The fourth-order valence-corrected chi connectivity index (χ4v) is 9.05. The van der Waals surface area contributed by atoms with Gasteiger partial charge in [-0.3, -0.25) is 0 Å². The van der Waals surface area contributed by atoms with Crippen LogP contribution in [-0.4, -0.2) is 0 Å². The minimum Gasteiger partial charge on any atom is -0.310 e. The van der Waals surface area contributed by atoms with Crippen molar-refractivity contribution in [3.05, 3.63) is 200 Å². The highest BCUT2D eigenvalue weighted by atomic mass is 32.1. The van der Waals surface area contributed by atoms with E-state index in [2.05, 4.69) is 205 Å². The minimum absolute atomic E-state index is 1.11. The Morgan fingerprint density at radius 2 is 0.750 bits per heavy atom. The van der Waals surface area contributed by atoms with E-state index < -0.39 is 0 Å². The lowest BCUT2D eigenvalue weighted by molar-refractivity contribution is 1.28. The molecule has 10 aromatic rings. The Hall–Kier alpha value is -6.48. The van der Waals surface area contributed by atoms with E-state index in [1.807, 2.05) is 11.3 Å². The van der Waals surface area contributed by atoms with Crippen molar-refractivity contribution in [3.63, 3.8) is 0 Å². The zero-order chi connectivity index (χ0) is 34.4. The first-order valence-corrected chi connectivity index (χ1v) is 18.6. The second-order valence-corrected chi connectivity index (χ2v) is 14.3. The Kier molecular flexibility index (Phi) is 7.41. The number of rotatable bonds is 6. The Morgan fingerprint density at radius 3 is 1.38 bits per heavy atom. The largest absolute Gasteiger partial charge is 0.310 e. The highest BCUT2D eigenvalue weighted by Crippen LogP contribution is 2.46. The summed E-state index contributed by atoms with van der Waals surface area (Å²) in [6.45, 7) is 0. The summed E-state index contributed by atoms with van der Waals surface area (Å²) < 4.78 is 2.63. The van der Waals surface area contributed by atoms with E-state index in [9.17, 15) is 0 Å². The van der Waals surface area contributed by atoms with Crippen molar-refractivity contribution >= 4 is 70.1 Å². The highest BCUT2D eigenvalue weighted by molar-refractivity contribution is 7.26. The number of para-hydroxylation sites is 1. The van der Waals surface area contributed by atoms with Gasteiger partial charge < -0.3 is 4.90 Å². The second kappa shape index (κ2) is 12.7. The fourth-order valence-electron chi connectivity index (χ4n) is 7.82. The molecular weight excluding hydrogens is 647 g/mol. The van der Waals surface area contributed by atoms with Gasteiger partial charge >= 0.3 is 0 Å². The average molecular weight is 680 g/mol. The highest BCUT2D eigenvalue weighted by Gasteiger charge is 2.20. The summed E-state index contributed by atoms with van der Waals surface area (Å²) in [6, 6.07) is 72.9. The molecule has 1 nitrogen and oxygen atoms in total. The first-order valence-electron chi connectivity index (χ1n) is 17.8. The van der Waals surface area contributed by atoms with Gasteiger partial charge in [-0.05, 0) is 80.2 Å². The number of thiophene rings is 1. The monoisotopic (exact) mass is 679 g/mol. The van der Waals surface area contributed by atoms with Gasteiger partial charge in [0.05, 0.1) is 5.69 Å². The van der Waals surface area contributed by atoms with Crippen LogP contribution in [0.3, 0.4) is 0 Å². The van der Waals surface area contributed by atoms with E-state index in [0.717, 1.165) is 17.1 Å². The summed E-state index contributed by atoms with van der Waals surface area (Å²) in [7, 11) is 0. The molecule has 0 aliphatic carbocycles. The molecule has 244 valence electrons. The van der Waals surface area contributed by atoms with E-state index in [-0.39, 0.29) is 0 Å².